The summed E-state index contributed by atoms with van der Waals surface area (Å²) in [5.74, 6) is -1.03. The Balaban J connectivity index is 3.09. The van der Waals surface area contributed by atoms with Crippen LogP contribution in [-0.4, -0.2) is 44.7 Å². The van der Waals surface area contributed by atoms with Gasteiger partial charge < -0.3 is 15.5 Å². The number of hydrogen-bond donors (Lipinski definition) is 1. The Bertz CT molecular complexity index is 412. The molecule has 0 spiro atoms. The zero-order valence-electron chi connectivity index (χ0n) is 12.8. The fourth-order valence-electron chi connectivity index (χ4n) is 2.52. The molecule has 5 heteroatoms. The number of anilines is 1. The van der Waals surface area contributed by atoms with E-state index in [4.69, 9.17) is 5.73 Å². The van der Waals surface area contributed by atoms with Gasteiger partial charge in [0, 0.05) is 19.1 Å². The molecule has 1 aromatic carbocycles. The van der Waals surface area contributed by atoms with Crippen molar-refractivity contribution in [2.24, 2.45) is 5.73 Å². The van der Waals surface area contributed by atoms with E-state index in [1.54, 1.807) is 4.90 Å². The third kappa shape index (κ3) is 4.15. The Morgan fingerprint density at radius 3 is 2.15 bits per heavy atom. The van der Waals surface area contributed by atoms with Crippen LogP contribution in [0.3, 0.4) is 0 Å². The highest BCUT2D eigenvalue weighted by Crippen LogP contribution is 2.27. The van der Waals surface area contributed by atoms with E-state index in [1.165, 1.54) is 12.1 Å². The quantitative estimate of drug-likeness (QED) is 0.834. The van der Waals surface area contributed by atoms with Crippen molar-refractivity contribution in [3.63, 3.8) is 0 Å². The first kappa shape index (κ1) is 16.9. The van der Waals surface area contributed by atoms with Crippen molar-refractivity contribution in [3.05, 3.63) is 29.3 Å². The minimum Gasteiger partial charge on any atom is -0.363 e. The van der Waals surface area contributed by atoms with Crippen molar-refractivity contribution in [2.75, 3.05) is 38.6 Å². The molecule has 114 valence electrons. The number of nitrogens with zero attached hydrogens (tertiary/aromatic N) is 2. The summed E-state index contributed by atoms with van der Waals surface area (Å²) in [6, 6.07) is 2.80. The standard InChI is InChI=1S/C15H25F2N3/c1-5-20(11(2)10-19(3)4)15-13(16)8-12(6-7-18)9-14(15)17/h8-9,11H,5-7,10,18H2,1-4H3. The lowest BCUT2D eigenvalue weighted by Crippen LogP contribution is -2.41. The van der Waals surface area contributed by atoms with Crippen LogP contribution < -0.4 is 10.6 Å². The Hall–Kier alpha value is -1.20. The first-order chi connectivity index (χ1) is 9.40. The molecule has 0 aliphatic carbocycles. The second-order valence-corrected chi connectivity index (χ2v) is 5.34. The van der Waals surface area contributed by atoms with Crippen LogP contribution in [0.15, 0.2) is 12.1 Å². The van der Waals surface area contributed by atoms with Crippen LogP contribution in [-0.2, 0) is 6.42 Å². The maximum atomic E-state index is 14.2. The average Bonchev–Trinajstić information content (AvgIpc) is 2.33. The number of benzene rings is 1. The molecule has 0 bridgehead atoms. The second-order valence-electron chi connectivity index (χ2n) is 5.34. The largest absolute Gasteiger partial charge is 0.363 e. The second kappa shape index (κ2) is 7.55. The Kier molecular flexibility index (Phi) is 6.36. The zero-order chi connectivity index (χ0) is 15.3. The molecule has 0 aliphatic heterocycles. The van der Waals surface area contributed by atoms with Crippen molar-refractivity contribution in [1.29, 1.82) is 0 Å². The molecule has 2 N–H and O–H groups in total. The van der Waals surface area contributed by atoms with E-state index in [9.17, 15) is 8.78 Å². The molecule has 3 nitrogen and oxygen atoms in total. The van der Waals surface area contributed by atoms with Gasteiger partial charge in [-0.3, -0.25) is 0 Å². The van der Waals surface area contributed by atoms with E-state index in [2.05, 4.69) is 0 Å². The number of nitrogens with two attached hydrogens (primary N) is 1. The lowest BCUT2D eigenvalue weighted by atomic mass is 10.1. The topological polar surface area (TPSA) is 32.5 Å². The van der Waals surface area contributed by atoms with Crippen LogP contribution in [0, 0.1) is 11.6 Å². The highest BCUT2D eigenvalue weighted by atomic mass is 19.1. The molecule has 1 rings (SSSR count). The van der Waals surface area contributed by atoms with Crippen molar-refractivity contribution in [2.45, 2.75) is 26.3 Å². The van der Waals surface area contributed by atoms with Gasteiger partial charge in [-0.2, -0.15) is 0 Å². The van der Waals surface area contributed by atoms with Gasteiger partial charge in [0.2, 0.25) is 0 Å². The van der Waals surface area contributed by atoms with Crippen LogP contribution >= 0.6 is 0 Å². The van der Waals surface area contributed by atoms with Crippen LogP contribution in [0.5, 0.6) is 0 Å². The molecule has 0 heterocycles. The molecule has 0 fully saturated rings. The SMILES string of the molecule is CCN(c1c(F)cc(CCN)cc1F)C(C)CN(C)C. The molecule has 0 aliphatic rings. The summed E-state index contributed by atoms with van der Waals surface area (Å²) in [5, 5.41) is 0. The predicted molar refractivity (Wildman–Crippen MR) is 80.2 cm³/mol. The van der Waals surface area contributed by atoms with E-state index in [0.717, 1.165) is 6.54 Å². The molecule has 0 saturated carbocycles. The van der Waals surface area contributed by atoms with Crippen molar-refractivity contribution in [1.82, 2.24) is 4.90 Å². The molecule has 0 aromatic heterocycles. The van der Waals surface area contributed by atoms with Gasteiger partial charge in [-0.05, 0) is 58.6 Å². The van der Waals surface area contributed by atoms with E-state index >= 15 is 0 Å². The van der Waals surface area contributed by atoms with Crippen LogP contribution in [0.2, 0.25) is 0 Å². The molecule has 20 heavy (non-hydrogen) atoms. The normalized spacial score (nSPS) is 12.8. The fourth-order valence-corrected chi connectivity index (χ4v) is 2.52. The highest BCUT2D eigenvalue weighted by Gasteiger charge is 2.21. The molecule has 1 atom stereocenters. The minimum absolute atomic E-state index is 0.0272. The van der Waals surface area contributed by atoms with Gasteiger partial charge in [-0.15, -0.1) is 0 Å². The highest BCUT2D eigenvalue weighted by molar-refractivity contribution is 5.51. The van der Waals surface area contributed by atoms with E-state index in [-0.39, 0.29) is 11.7 Å². The number of rotatable bonds is 7. The Labute approximate surface area is 120 Å². The zero-order valence-corrected chi connectivity index (χ0v) is 12.8. The van der Waals surface area contributed by atoms with Crippen LogP contribution in [0.1, 0.15) is 19.4 Å². The predicted octanol–water partition coefficient (Wildman–Crippen LogP) is 2.24. The first-order valence-electron chi connectivity index (χ1n) is 7.00. The molecule has 0 saturated heterocycles. The lowest BCUT2D eigenvalue weighted by molar-refractivity contribution is 0.370. The van der Waals surface area contributed by atoms with Gasteiger partial charge in [-0.25, -0.2) is 8.78 Å². The first-order valence-corrected chi connectivity index (χ1v) is 7.00. The summed E-state index contributed by atoms with van der Waals surface area (Å²) in [4.78, 5) is 3.77. The summed E-state index contributed by atoms with van der Waals surface area (Å²) in [6.45, 7) is 5.54. The van der Waals surface area contributed by atoms with Gasteiger partial charge in [0.05, 0.1) is 0 Å². The summed E-state index contributed by atoms with van der Waals surface area (Å²) >= 11 is 0. The minimum atomic E-state index is -0.513. The fraction of sp³-hybridized carbons (Fsp3) is 0.600. The third-order valence-electron chi connectivity index (χ3n) is 3.30. The van der Waals surface area contributed by atoms with Gasteiger partial charge in [0.1, 0.15) is 17.3 Å². The van der Waals surface area contributed by atoms with Crippen LogP contribution in [0.4, 0.5) is 14.5 Å². The molecule has 1 unspecified atom stereocenters. The van der Waals surface area contributed by atoms with Gasteiger partial charge in [0.15, 0.2) is 0 Å². The van der Waals surface area contributed by atoms with Crippen LogP contribution in [0.25, 0.3) is 0 Å². The van der Waals surface area contributed by atoms with Crippen molar-refractivity contribution in [3.8, 4) is 0 Å². The smallest absolute Gasteiger partial charge is 0.149 e. The average molecular weight is 285 g/mol. The maximum Gasteiger partial charge on any atom is 0.149 e. The monoisotopic (exact) mass is 285 g/mol. The van der Waals surface area contributed by atoms with E-state index < -0.39 is 11.6 Å². The number of likely N-dealkylation sites (N-methyl/N-ethyl adjacent to an activating group) is 2. The summed E-state index contributed by atoms with van der Waals surface area (Å²) in [7, 11) is 3.89. The number of halogens is 2. The summed E-state index contributed by atoms with van der Waals surface area (Å²) in [5.41, 5.74) is 6.08. The summed E-state index contributed by atoms with van der Waals surface area (Å²) < 4.78 is 28.5. The molecule has 1 aromatic rings. The van der Waals surface area contributed by atoms with Gasteiger partial charge in [0.25, 0.3) is 0 Å². The maximum absolute atomic E-state index is 14.2. The van der Waals surface area contributed by atoms with Crippen molar-refractivity contribution < 1.29 is 8.78 Å². The van der Waals surface area contributed by atoms with Gasteiger partial charge in [-0.1, -0.05) is 0 Å². The molecule has 0 amide bonds. The number of hydrogen-bond acceptors (Lipinski definition) is 3. The third-order valence-corrected chi connectivity index (χ3v) is 3.30. The van der Waals surface area contributed by atoms with E-state index in [0.29, 0.717) is 25.1 Å². The van der Waals surface area contributed by atoms with Gasteiger partial charge >= 0.3 is 0 Å². The Morgan fingerprint density at radius 2 is 1.75 bits per heavy atom. The molecular formula is C15H25F2N3. The van der Waals surface area contributed by atoms with E-state index in [1.807, 2.05) is 32.8 Å². The summed E-state index contributed by atoms with van der Waals surface area (Å²) in [6.07, 6.45) is 0.480. The molecular weight excluding hydrogens is 260 g/mol. The Morgan fingerprint density at radius 1 is 1.20 bits per heavy atom. The lowest BCUT2D eigenvalue weighted by Gasteiger charge is -2.32. The van der Waals surface area contributed by atoms with Crippen molar-refractivity contribution >= 4 is 5.69 Å². The molecule has 0 radical (unpaired) electrons.